The molecular formula is C7H15BF4N4S. The highest BCUT2D eigenvalue weighted by Gasteiger charge is 2.26. The zero-order valence-electron chi connectivity index (χ0n) is 10.3. The second kappa shape index (κ2) is 5.70. The zero-order valence-corrected chi connectivity index (χ0v) is 11.1. The lowest BCUT2D eigenvalue weighted by atomic mass is 10.1. The molecule has 4 nitrogen and oxygen atoms in total. The van der Waals surface area contributed by atoms with E-state index in [1.54, 1.807) is 21.2 Å². The minimum absolute atomic E-state index is 0.0360. The molecule has 1 aromatic heterocycles. The second-order valence-electron chi connectivity index (χ2n) is 4.15. The van der Waals surface area contributed by atoms with Crippen LogP contribution in [0.25, 0.3) is 0 Å². The molecule has 0 aliphatic rings. The first-order chi connectivity index (χ1) is 7.45. The third-order valence-corrected chi connectivity index (χ3v) is 2.17. The van der Waals surface area contributed by atoms with Crippen LogP contribution < -0.4 is 4.68 Å². The van der Waals surface area contributed by atoms with Crippen LogP contribution in [0.5, 0.6) is 0 Å². The quantitative estimate of drug-likeness (QED) is 0.339. The van der Waals surface area contributed by atoms with Gasteiger partial charge in [0.2, 0.25) is 0 Å². The van der Waals surface area contributed by atoms with Gasteiger partial charge in [-0.25, -0.2) is 0 Å². The summed E-state index contributed by atoms with van der Waals surface area (Å²) in [5.74, 6) is 0. The Bertz CT molecular complexity index is 354. The van der Waals surface area contributed by atoms with Gasteiger partial charge in [-0.15, -0.1) is 4.68 Å². The fourth-order valence-corrected chi connectivity index (χ4v) is 1.25. The highest BCUT2D eigenvalue weighted by Crippen LogP contribution is 2.11. The molecule has 0 aromatic carbocycles. The smallest absolute Gasteiger partial charge is 0.418 e. The second-order valence-corrected chi connectivity index (χ2v) is 4.93. The largest absolute Gasteiger partial charge is 0.673 e. The van der Waals surface area contributed by atoms with Gasteiger partial charge in [0.15, 0.2) is 0 Å². The molecular weight excluding hydrogens is 259 g/mol. The van der Waals surface area contributed by atoms with Crippen molar-refractivity contribution in [3.63, 3.8) is 0 Å². The molecule has 10 heteroatoms. The average Bonchev–Trinajstić information content (AvgIpc) is 2.42. The molecule has 0 fully saturated rings. The Morgan fingerprint density at radius 2 is 1.65 bits per heavy atom. The van der Waals surface area contributed by atoms with Gasteiger partial charge in [0.05, 0.1) is 17.4 Å². The summed E-state index contributed by atoms with van der Waals surface area (Å²) in [5, 5.41) is 9.52. The fraction of sp³-hybridized carbons (Fsp3) is 0.857. The van der Waals surface area contributed by atoms with Crippen LogP contribution in [0.1, 0.15) is 20.8 Å². The normalized spacial score (nSPS) is 12.1. The molecule has 1 rings (SSSR count). The topological polar surface area (TPSA) is 34.6 Å². The number of rotatable bonds is 1. The maximum Gasteiger partial charge on any atom is 0.673 e. The summed E-state index contributed by atoms with van der Waals surface area (Å²) in [6.45, 7) is 6.24. The Balaban J connectivity index is 0.000000437. The van der Waals surface area contributed by atoms with Gasteiger partial charge in [-0.05, 0) is 31.8 Å². The summed E-state index contributed by atoms with van der Waals surface area (Å²) >= 11 is 1.60. The summed E-state index contributed by atoms with van der Waals surface area (Å²) in [5.41, 5.74) is -0.0360. The number of nitrogens with zero attached hydrogens (tertiary/aromatic N) is 4. The molecule has 0 atom stereocenters. The summed E-state index contributed by atoms with van der Waals surface area (Å²) in [6.07, 6.45) is 2.00. The molecule has 0 aliphatic heterocycles. The number of tetrazole rings is 1. The van der Waals surface area contributed by atoms with E-state index in [2.05, 4.69) is 31.1 Å². The first kappa shape index (κ1) is 16.2. The molecule has 1 aromatic rings. The van der Waals surface area contributed by atoms with Crippen molar-refractivity contribution >= 4 is 19.0 Å². The zero-order chi connectivity index (χ0) is 13.9. The lowest BCUT2D eigenvalue weighted by Gasteiger charge is -2.07. The molecule has 0 bridgehead atoms. The van der Waals surface area contributed by atoms with Gasteiger partial charge in [-0.1, -0.05) is 11.8 Å². The summed E-state index contributed by atoms with van der Waals surface area (Å²) in [4.78, 5) is 1.73. The van der Waals surface area contributed by atoms with Crippen LogP contribution in [0.15, 0.2) is 5.16 Å². The van der Waals surface area contributed by atoms with Crippen LogP contribution >= 0.6 is 11.8 Å². The van der Waals surface area contributed by atoms with Gasteiger partial charge in [-0.3, -0.25) is 0 Å². The van der Waals surface area contributed by atoms with Crippen molar-refractivity contribution in [2.24, 2.45) is 7.05 Å². The van der Waals surface area contributed by atoms with Crippen LogP contribution in [-0.4, -0.2) is 28.6 Å². The Labute approximate surface area is 101 Å². The van der Waals surface area contributed by atoms with Crippen molar-refractivity contribution in [3.8, 4) is 0 Å². The fourth-order valence-electron chi connectivity index (χ4n) is 0.788. The molecule has 0 saturated carbocycles. The molecule has 0 spiro atoms. The van der Waals surface area contributed by atoms with Crippen molar-refractivity contribution in [1.29, 1.82) is 0 Å². The summed E-state index contributed by atoms with van der Waals surface area (Å²) in [7, 11) is -4.10. The lowest BCUT2D eigenvalue weighted by Crippen LogP contribution is -2.35. The van der Waals surface area contributed by atoms with Crippen LogP contribution in [0, 0.1) is 0 Å². The first-order valence-corrected chi connectivity index (χ1v) is 5.93. The van der Waals surface area contributed by atoms with Crippen molar-refractivity contribution in [2.45, 2.75) is 31.5 Å². The molecule has 1 heterocycles. The third-order valence-electron chi connectivity index (χ3n) is 1.46. The number of hydrogen-bond acceptors (Lipinski definition) is 3. The maximum atomic E-state index is 9.75. The Kier molecular flexibility index (Phi) is 5.43. The van der Waals surface area contributed by atoms with E-state index >= 15 is 0 Å². The SMILES string of the molecule is CSc1nn(C(C)(C)C)n[n+]1C.F[B-](F)(F)F. The van der Waals surface area contributed by atoms with E-state index in [-0.39, 0.29) is 5.54 Å². The highest BCUT2D eigenvalue weighted by molar-refractivity contribution is 7.98. The molecule has 0 radical (unpaired) electrons. The Morgan fingerprint density at radius 3 is 1.82 bits per heavy atom. The van der Waals surface area contributed by atoms with E-state index in [0.29, 0.717) is 0 Å². The van der Waals surface area contributed by atoms with E-state index in [1.807, 2.05) is 13.3 Å². The predicted octanol–water partition coefficient (Wildman–Crippen LogP) is 1.88. The van der Waals surface area contributed by atoms with Crippen LogP contribution in [-0.2, 0) is 12.6 Å². The van der Waals surface area contributed by atoms with Crippen molar-refractivity contribution < 1.29 is 21.9 Å². The molecule has 0 unspecified atom stereocenters. The van der Waals surface area contributed by atoms with Crippen molar-refractivity contribution in [3.05, 3.63) is 0 Å². The standard InChI is InChI=1S/C7H15N4S.BF4/c1-7(2,3)11-8-6(12-5)10(4)9-11;2-1(3,4)5/h1-5H3;/q+1;-1. The number of aryl methyl sites for hydroxylation is 1. The number of thioether (sulfide) groups is 1. The number of aromatic nitrogens is 4. The van der Waals surface area contributed by atoms with E-state index < -0.39 is 7.25 Å². The molecule has 17 heavy (non-hydrogen) atoms. The van der Waals surface area contributed by atoms with E-state index in [4.69, 9.17) is 0 Å². The van der Waals surface area contributed by atoms with Gasteiger partial charge in [0.25, 0.3) is 0 Å². The molecule has 0 amide bonds. The van der Waals surface area contributed by atoms with E-state index in [9.17, 15) is 17.3 Å². The molecule has 0 aliphatic carbocycles. The van der Waals surface area contributed by atoms with E-state index in [1.165, 1.54) is 0 Å². The minimum atomic E-state index is -6.00. The van der Waals surface area contributed by atoms with Crippen LogP contribution in [0.3, 0.4) is 0 Å². The number of hydrogen-bond donors (Lipinski definition) is 0. The van der Waals surface area contributed by atoms with Crippen molar-refractivity contribution in [1.82, 2.24) is 15.1 Å². The Hall–Kier alpha value is -0.795. The van der Waals surface area contributed by atoms with Crippen LogP contribution in [0.2, 0.25) is 0 Å². The van der Waals surface area contributed by atoms with Gasteiger partial charge in [-0.2, -0.15) is 0 Å². The average molecular weight is 274 g/mol. The van der Waals surface area contributed by atoms with Gasteiger partial charge in [0, 0.05) is 0 Å². The molecule has 0 saturated heterocycles. The highest BCUT2D eigenvalue weighted by atomic mass is 32.2. The van der Waals surface area contributed by atoms with Gasteiger partial charge < -0.3 is 17.3 Å². The monoisotopic (exact) mass is 274 g/mol. The molecule has 0 N–H and O–H groups in total. The Morgan fingerprint density at radius 1 is 1.24 bits per heavy atom. The molecule has 100 valence electrons. The van der Waals surface area contributed by atoms with Crippen LogP contribution in [0.4, 0.5) is 17.3 Å². The third kappa shape index (κ3) is 7.19. The van der Waals surface area contributed by atoms with Gasteiger partial charge >= 0.3 is 12.4 Å². The minimum Gasteiger partial charge on any atom is -0.418 e. The summed E-state index contributed by atoms with van der Waals surface area (Å²) < 4.78 is 40.8. The number of halogens is 4. The van der Waals surface area contributed by atoms with E-state index in [0.717, 1.165) is 5.16 Å². The summed E-state index contributed by atoms with van der Waals surface area (Å²) in [6, 6.07) is 0. The first-order valence-electron chi connectivity index (χ1n) is 4.70. The van der Waals surface area contributed by atoms with Gasteiger partial charge in [0.1, 0.15) is 5.54 Å². The predicted molar refractivity (Wildman–Crippen MR) is 58.2 cm³/mol. The lowest BCUT2D eigenvalue weighted by molar-refractivity contribution is -0.767. The maximum absolute atomic E-state index is 9.75. The van der Waals surface area contributed by atoms with Crippen molar-refractivity contribution in [2.75, 3.05) is 6.26 Å².